The number of hydrogen-bond acceptors (Lipinski definition) is 6. The SMILES string of the molecule is c1cn2cc(-c3ccn4nc(N[C@H]5CC[C@@H](N6CCOCC6)CC5)ncc34)ccc2n1. The second kappa shape index (κ2) is 7.94. The van der Waals surface area contributed by atoms with Gasteiger partial charge in [-0.2, -0.15) is 0 Å². The number of aromatic nitrogens is 5. The molecular weight excluding hydrogens is 390 g/mol. The molecule has 4 aromatic rings. The highest BCUT2D eigenvalue weighted by Gasteiger charge is 2.27. The van der Waals surface area contributed by atoms with Crippen molar-refractivity contribution in [2.45, 2.75) is 37.8 Å². The summed E-state index contributed by atoms with van der Waals surface area (Å²) in [5.41, 5.74) is 4.19. The molecule has 0 spiro atoms. The van der Waals surface area contributed by atoms with Gasteiger partial charge >= 0.3 is 0 Å². The monoisotopic (exact) mass is 417 g/mol. The van der Waals surface area contributed by atoms with Crippen LogP contribution >= 0.6 is 0 Å². The Bertz CT molecular complexity index is 1190. The summed E-state index contributed by atoms with van der Waals surface area (Å²) in [6, 6.07) is 7.36. The van der Waals surface area contributed by atoms with Crippen molar-refractivity contribution in [1.29, 1.82) is 0 Å². The van der Waals surface area contributed by atoms with E-state index in [2.05, 4.69) is 38.5 Å². The van der Waals surface area contributed by atoms with Crippen LogP contribution in [0.2, 0.25) is 0 Å². The van der Waals surface area contributed by atoms with Crippen molar-refractivity contribution in [2.24, 2.45) is 0 Å². The molecule has 1 aliphatic carbocycles. The summed E-state index contributed by atoms with van der Waals surface area (Å²) in [5.74, 6) is 0.703. The quantitative estimate of drug-likeness (QED) is 0.550. The molecule has 0 bridgehead atoms. The van der Waals surface area contributed by atoms with Gasteiger partial charge < -0.3 is 14.5 Å². The first-order chi connectivity index (χ1) is 15.3. The highest BCUT2D eigenvalue weighted by Crippen LogP contribution is 2.27. The molecule has 2 aliphatic rings. The molecule has 6 rings (SSSR count). The highest BCUT2D eigenvalue weighted by molar-refractivity contribution is 5.80. The molecule has 1 aliphatic heterocycles. The smallest absolute Gasteiger partial charge is 0.241 e. The number of fused-ring (bicyclic) bond motifs is 2. The predicted molar refractivity (Wildman–Crippen MR) is 119 cm³/mol. The fourth-order valence-corrected chi connectivity index (χ4v) is 5.00. The molecule has 1 saturated heterocycles. The van der Waals surface area contributed by atoms with Crippen molar-refractivity contribution in [3.8, 4) is 11.1 Å². The molecule has 2 fully saturated rings. The maximum Gasteiger partial charge on any atom is 0.241 e. The lowest BCUT2D eigenvalue weighted by Crippen LogP contribution is -2.46. The number of ether oxygens (including phenoxy) is 1. The van der Waals surface area contributed by atoms with E-state index >= 15 is 0 Å². The average molecular weight is 418 g/mol. The van der Waals surface area contributed by atoms with Crippen LogP contribution in [0.15, 0.2) is 49.2 Å². The van der Waals surface area contributed by atoms with Crippen LogP contribution in [0.5, 0.6) is 0 Å². The minimum Gasteiger partial charge on any atom is -0.379 e. The lowest BCUT2D eigenvalue weighted by molar-refractivity contribution is 0.00790. The third-order valence-corrected chi connectivity index (χ3v) is 6.71. The predicted octanol–water partition coefficient (Wildman–Crippen LogP) is 3.10. The summed E-state index contributed by atoms with van der Waals surface area (Å²) >= 11 is 0. The Labute approximate surface area is 180 Å². The van der Waals surface area contributed by atoms with Crippen LogP contribution in [0.4, 0.5) is 5.95 Å². The first kappa shape index (κ1) is 18.8. The number of rotatable bonds is 4. The Kier molecular flexibility index (Phi) is 4.81. The summed E-state index contributed by atoms with van der Waals surface area (Å²) in [4.78, 5) is 11.6. The maximum atomic E-state index is 5.49. The average Bonchev–Trinajstić information content (AvgIpc) is 3.46. The van der Waals surface area contributed by atoms with E-state index in [-0.39, 0.29) is 0 Å². The molecule has 31 heavy (non-hydrogen) atoms. The summed E-state index contributed by atoms with van der Waals surface area (Å²) in [6.07, 6.45) is 14.6. The van der Waals surface area contributed by atoms with Gasteiger partial charge in [0.1, 0.15) is 5.65 Å². The van der Waals surface area contributed by atoms with Crippen molar-refractivity contribution in [1.82, 2.24) is 28.9 Å². The van der Waals surface area contributed by atoms with Crippen molar-refractivity contribution in [3.63, 3.8) is 0 Å². The van der Waals surface area contributed by atoms with Crippen LogP contribution in [0, 0.1) is 0 Å². The van der Waals surface area contributed by atoms with E-state index in [0.29, 0.717) is 18.0 Å². The zero-order valence-electron chi connectivity index (χ0n) is 17.5. The molecule has 0 radical (unpaired) electrons. The van der Waals surface area contributed by atoms with Gasteiger partial charge in [-0.3, -0.25) is 4.90 Å². The fourth-order valence-electron chi connectivity index (χ4n) is 5.00. The van der Waals surface area contributed by atoms with Crippen LogP contribution in [-0.4, -0.2) is 67.3 Å². The van der Waals surface area contributed by atoms with Gasteiger partial charge in [0, 0.05) is 61.1 Å². The third-order valence-electron chi connectivity index (χ3n) is 6.71. The topological polar surface area (TPSA) is 72.0 Å². The van der Waals surface area contributed by atoms with Crippen molar-refractivity contribution in [3.05, 3.63) is 49.2 Å². The lowest BCUT2D eigenvalue weighted by atomic mass is 9.90. The van der Waals surface area contributed by atoms with E-state index in [1.807, 2.05) is 39.8 Å². The summed E-state index contributed by atoms with van der Waals surface area (Å²) < 4.78 is 9.44. The molecule has 0 atom stereocenters. The molecular formula is C23H27N7O. The molecule has 4 aromatic heterocycles. The van der Waals surface area contributed by atoms with Gasteiger partial charge in [-0.1, -0.05) is 0 Å². The summed E-state index contributed by atoms with van der Waals surface area (Å²) in [7, 11) is 0. The molecule has 160 valence electrons. The van der Waals surface area contributed by atoms with E-state index < -0.39 is 0 Å². The summed E-state index contributed by atoms with van der Waals surface area (Å²) in [6.45, 7) is 3.90. The van der Waals surface area contributed by atoms with Crippen LogP contribution < -0.4 is 5.32 Å². The van der Waals surface area contributed by atoms with E-state index in [9.17, 15) is 0 Å². The van der Waals surface area contributed by atoms with Gasteiger partial charge in [-0.05, 0) is 43.9 Å². The van der Waals surface area contributed by atoms with Gasteiger partial charge in [0.25, 0.3) is 0 Å². The number of morpholine rings is 1. The molecule has 8 heteroatoms. The van der Waals surface area contributed by atoms with Crippen LogP contribution in [0.25, 0.3) is 22.3 Å². The van der Waals surface area contributed by atoms with E-state index in [4.69, 9.17) is 9.84 Å². The third kappa shape index (κ3) is 3.66. The number of nitrogens with one attached hydrogen (secondary N) is 1. The molecule has 0 aromatic carbocycles. The number of imidazole rings is 1. The fraction of sp³-hybridized carbons (Fsp3) is 0.435. The van der Waals surface area contributed by atoms with Crippen LogP contribution in [0.3, 0.4) is 0 Å². The normalized spacial score (nSPS) is 22.8. The first-order valence-electron chi connectivity index (χ1n) is 11.2. The Balaban J connectivity index is 1.15. The molecule has 0 amide bonds. The standard InChI is InChI=1S/C23H27N7O/c1-6-22-24-8-10-29(22)16-17(1)20-7-9-30-21(20)15-25-23(27-30)26-18-2-4-19(5-3-18)28-11-13-31-14-12-28/h1,6-10,15-16,18-19H,2-5,11-14H2,(H,26,27)/t18-,19+. The number of pyridine rings is 1. The van der Waals surface area contributed by atoms with Crippen molar-refractivity contribution in [2.75, 3.05) is 31.6 Å². The Morgan fingerprint density at radius 2 is 1.84 bits per heavy atom. The van der Waals surface area contributed by atoms with E-state index in [0.717, 1.165) is 61.4 Å². The Hall–Kier alpha value is -2.97. The van der Waals surface area contributed by atoms with E-state index in [1.165, 1.54) is 12.8 Å². The van der Waals surface area contributed by atoms with Crippen LogP contribution in [0.1, 0.15) is 25.7 Å². The second-order valence-corrected chi connectivity index (χ2v) is 8.55. The minimum atomic E-state index is 0.438. The highest BCUT2D eigenvalue weighted by atomic mass is 16.5. The van der Waals surface area contributed by atoms with Gasteiger partial charge in [0.15, 0.2) is 0 Å². The molecule has 0 unspecified atom stereocenters. The largest absolute Gasteiger partial charge is 0.379 e. The number of hydrogen-bond donors (Lipinski definition) is 1. The number of nitrogens with zero attached hydrogens (tertiary/aromatic N) is 6. The van der Waals surface area contributed by atoms with E-state index in [1.54, 1.807) is 0 Å². The maximum absolute atomic E-state index is 5.49. The lowest BCUT2D eigenvalue weighted by Gasteiger charge is -2.38. The van der Waals surface area contributed by atoms with Gasteiger partial charge in [0.05, 0.1) is 24.9 Å². The van der Waals surface area contributed by atoms with Crippen molar-refractivity contribution < 1.29 is 4.74 Å². The van der Waals surface area contributed by atoms with Crippen LogP contribution in [-0.2, 0) is 4.74 Å². The molecule has 5 heterocycles. The molecule has 8 nitrogen and oxygen atoms in total. The van der Waals surface area contributed by atoms with Gasteiger partial charge in [0.2, 0.25) is 5.95 Å². The Morgan fingerprint density at radius 1 is 0.968 bits per heavy atom. The molecule has 1 saturated carbocycles. The second-order valence-electron chi connectivity index (χ2n) is 8.55. The van der Waals surface area contributed by atoms with Gasteiger partial charge in [-0.15, -0.1) is 5.10 Å². The Morgan fingerprint density at radius 3 is 2.71 bits per heavy atom. The van der Waals surface area contributed by atoms with Crippen molar-refractivity contribution >= 4 is 17.1 Å². The number of anilines is 1. The minimum absolute atomic E-state index is 0.438. The van der Waals surface area contributed by atoms with Gasteiger partial charge in [-0.25, -0.2) is 14.5 Å². The zero-order chi connectivity index (χ0) is 20.6. The molecule has 1 N–H and O–H groups in total. The first-order valence-corrected chi connectivity index (χ1v) is 11.2. The zero-order valence-corrected chi connectivity index (χ0v) is 17.5. The summed E-state index contributed by atoms with van der Waals surface area (Å²) in [5, 5.41) is 8.29.